The Kier molecular flexibility index (Phi) is 6.20. The molecule has 0 aliphatic heterocycles. The molecule has 0 saturated heterocycles. The minimum atomic E-state index is -3.37. The van der Waals surface area contributed by atoms with Crippen LogP contribution in [0.4, 0.5) is 5.69 Å². The third-order valence-corrected chi connectivity index (χ3v) is 4.41. The standard InChI is InChI=1S/C19H24N2O3S/c1-14-7-6-8-16(13-14)11-12-19(22)20-15(2)17-9-4-5-10-18(17)21-25(3,23)24/h4-10,13,15,21H,11-12H2,1-3H3,(H,20,22). The Labute approximate surface area is 149 Å². The van der Waals surface area contributed by atoms with Gasteiger partial charge in [0.1, 0.15) is 0 Å². The van der Waals surface area contributed by atoms with Crippen LogP contribution in [0.2, 0.25) is 0 Å². The highest BCUT2D eigenvalue weighted by atomic mass is 32.2. The second-order valence-electron chi connectivity index (χ2n) is 6.24. The third-order valence-electron chi connectivity index (χ3n) is 3.82. The molecule has 25 heavy (non-hydrogen) atoms. The average molecular weight is 360 g/mol. The van der Waals surface area contributed by atoms with E-state index >= 15 is 0 Å². The van der Waals surface area contributed by atoms with Crippen LogP contribution in [0.3, 0.4) is 0 Å². The van der Waals surface area contributed by atoms with Crippen molar-refractivity contribution in [2.45, 2.75) is 32.7 Å². The van der Waals surface area contributed by atoms with E-state index in [1.807, 2.05) is 38.1 Å². The molecule has 134 valence electrons. The van der Waals surface area contributed by atoms with Crippen molar-refractivity contribution in [3.8, 4) is 0 Å². The molecule has 2 aromatic rings. The number of carbonyl (C=O) groups is 1. The molecule has 0 saturated carbocycles. The van der Waals surface area contributed by atoms with Crippen molar-refractivity contribution >= 4 is 21.6 Å². The van der Waals surface area contributed by atoms with Gasteiger partial charge in [0, 0.05) is 6.42 Å². The van der Waals surface area contributed by atoms with Crippen molar-refractivity contribution in [2.24, 2.45) is 0 Å². The van der Waals surface area contributed by atoms with Crippen molar-refractivity contribution < 1.29 is 13.2 Å². The van der Waals surface area contributed by atoms with Gasteiger partial charge in [0.25, 0.3) is 0 Å². The zero-order valence-corrected chi connectivity index (χ0v) is 15.6. The van der Waals surface area contributed by atoms with E-state index in [0.29, 0.717) is 18.5 Å². The highest BCUT2D eigenvalue weighted by Gasteiger charge is 2.15. The third kappa shape index (κ3) is 6.23. The number of sulfonamides is 1. The van der Waals surface area contributed by atoms with Crippen LogP contribution in [0.5, 0.6) is 0 Å². The average Bonchev–Trinajstić information content (AvgIpc) is 2.52. The van der Waals surface area contributed by atoms with Gasteiger partial charge in [-0.2, -0.15) is 0 Å². The van der Waals surface area contributed by atoms with E-state index in [-0.39, 0.29) is 11.9 Å². The zero-order valence-electron chi connectivity index (χ0n) is 14.7. The van der Waals surface area contributed by atoms with Crippen LogP contribution in [0.1, 0.15) is 36.1 Å². The van der Waals surface area contributed by atoms with Gasteiger partial charge in [0.15, 0.2) is 0 Å². The lowest BCUT2D eigenvalue weighted by Crippen LogP contribution is -2.27. The number of aryl methyl sites for hydroxylation is 2. The summed E-state index contributed by atoms with van der Waals surface area (Å²) in [5, 5.41) is 2.93. The molecule has 1 atom stereocenters. The molecule has 1 unspecified atom stereocenters. The molecule has 1 amide bonds. The van der Waals surface area contributed by atoms with Gasteiger partial charge in [0.2, 0.25) is 15.9 Å². The van der Waals surface area contributed by atoms with Gasteiger partial charge in [-0.15, -0.1) is 0 Å². The monoisotopic (exact) mass is 360 g/mol. The maximum atomic E-state index is 12.2. The summed E-state index contributed by atoms with van der Waals surface area (Å²) in [6, 6.07) is 14.9. The lowest BCUT2D eigenvalue weighted by atomic mass is 10.0. The molecular formula is C19H24N2O3S. The second-order valence-corrected chi connectivity index (χ2v) is 7.99. The van der Waals surface area contributed by atoms with Gasteiger partial charge in [-0.3, -0.25) is 9.52 Å². The first kappa shape index (κ1) is 19.0. The molecule has 0 bridgehead atoms. The molecule has 0 heterocycles. The summed E-state index contributed by atoms with van der Waals surface area (Å²) in [4.78, 5) is 12.2. The van der Waals surface area contributed by atoms with Crippen LogP contribution in [0.15, 0.2) is 48.5 Å². The molecule has 0 aliphatic carbocycles. The zero-order chi connectivity index (χ0) is 18.4. The fourth-order valence-electron chi connectivity index (χ4n) is 2.68. The van der Waals surface area contributed by atoms with E-state index in [2.05, 4.69) is 16.1 Å². The summed E-state index contributed by atoms with van der Waals surface area (Å²) >= 11 is 0. The number of benzene rings is 2. The number of para-hydroxylation sites is 1. The van der Waals surface area contributed by atoms with Gasteiger partial charge in [-0.05, 0) is 37.5 Å². The summed E-state index contributed by atoms with van der Waals surface area (Å²) < 4.78 is 25.5. The predicted octanol–water partition coefficient (Wildman–Crippen LogP) is 3.18. The Hall–Kier alpha value is -2.34. The van der Waals surface area contributed by atoms with E-state index < -0.39 is 10.0 Å². The largest absolute Gasteiger partial charge is 0.349 e. The second kappa shape index (κ2) is 8.16. The van der Waals surface area contributed by atoms with E-state index in [1.54, 1.807) is 18.2 Å². The Morgan fingerprint density at radius 3 is 2.52 bits per heavy atom. The van der Waals surface area contributed by atoms with Gasteiger partial charge in [0.05, 0.1) is 18.0 Å². The highest BCUT2D eigenvalue weighted by Crippen LogP contribution is 2.23. The van der Waals surface area contributed by atoms with E-state index in [9.17, 15) is 13.2 Å². The quantitative estimate of drug-likeness (QED) is 0.796. The number of amides is 1. The summed E-state index contributed by atoms with van der Waals surface area (Å²) in [6.45, 7) is 3.87. The number of carbonyl (C=O) groups excluding carboxylic acids is 1. The van der Waals surface area contributed by atoms with Crippen molar-refractivity contribution in [3.63, 3.8) is 0 Å². The molecule has 6 heteroatoms. The van der Waals surface area contributed by atoms with Gasteiger partial charge >= 0.3 is 0 Å². The maximum Gasteiger partial charge on any atom is 0.229 e. The van der Waals surface area contributed by atoms with Crippen LogP contribution in [-0.4, -0.2) is 20.6 Å². The molecule has 0 aliphatic rings. The summed E-state index contributed by atoms with van der Waals surface area (Å²) in [5.41, 5.74) is 3.52. The van der Waals surface area contributed by atoms with Gasteiger partial charge in [-0.25, -0.2) is 8.42 Å². The van der Waals surface area contributed by atoms with Crippen LogP contribution in [0, 0.1) is 6.92 Å². The van der Waals surface area contributed by atoms with E-state index in [4.69, 9.17) is 0 Å². The predicted molar refractivity (Wildman–Crippen MR) is 101 cm³/mol. The number of nitrogens with one attached hydrogen (secondary N) is 2. The van der Waals surface area contributed by atoms with E-state index in [1.165, 1.54) is 5.56 Å². The number of hydrogen-bond acceptors (Lipinski definition) is 3. The SMILES string of the molecule is Cc1cccc(CCC(=O)NC(C)c2ccccc2NS(C)(=O)=O)c1. The first-order valence-electron chi connectivity index (χ1n) is 8.16. The van der Waals surface area contributed by atoms with Crippen LogP contribution in [0.25, 0.3) is 0 Å². The Balaban J connectivity index is 1.99. The normalized spacial score (nSPS) is 12.4. The van der Waals surface area contributed by atoms with Crippen LogP contribution < -0.4 is 10.0 Å². The Morgan fingerprint density at radius 1 is 1.12 bits per heavy atom. The molecule has 0 radical (unpaired) electrons. The van der Waals surface area contributed by atoms with E-state index in [0.717, 1.165) is 17.4 Å². The first-order valence-corrected chi connectivity index (χ1v) is 10.1. The highest BCUT2D eigenvalue weighted by molar-refractivity contribution is 7.92. The molecule has 2 aromatic carbocycles. The minimum absolute atomic E-state index is 0.0665. The maximum absolute atomic E-state index is 12.2. The fraction of sp³-hybridized carbons (Fsp3) is 0.316. The van der Waals surface area contributed by atoms with Crippen molar-refractivity contribution in [1.82, 2.24) is 5.32 Å². The van der Waals surface area contributed by atoms with Gasteiger partial charge < -0.3 is 5.32 Å². The number of rotatable bonds is 7. The fourth-order valence-corrected chi connectivity index (χ4v) is 3.27. The Bertz CT molecular complexity index is 847. The lowest BCUT2D eigenvalue weighted by molar-refractivity contribution is -0.121. The summed E-state index contributed by atoms with van der Waals surface area (Å²) in [7, 11) is -3.37. The van der Waals surface area contributed by atoms with Crippen molar-refractivity contribution in [1.29, 1.82) is 0 Å². The topological polar surface area (TPSA) is 75.3 Å². The molecule has 0 aromatic heterocycles. The molecule has 2 rings (SSSR count). The van der Waals surface area contributed by atoms with Crippen LogP contribution in [-0.2, 0) is 21.2 Å². The molecular weight excluding hydrogens is 336 g/mol. The molecule has 5 nitrogen and oxygen atoms in total. The Morgan fingerprint density at radius 2 is 1.84 bits per heavy atom. The number of hydrogen-bond donors (Lipinski definition) is 2. The van der Waals surface area contributed by atoms with Crippen molar-refractivity contribution in [2.75, 3.05) is 11.0 Å². The minimum Gasteiger partial charge on any atom is -0.349 e. The first-order chi connectivity index (χ1) is 11.7. The molecule has 0 spiro atoms. The van der Waals surface area contributed by atoms with Crippen molar-refractivity contribution in [3.05, 3.63) is 65.2 Å². The molecule has 2 N–H and O–H groups in total. The lowest BCUT2D eigenvalue weighted by Gasteiger charge is -2.18. The smallest absolute Gasteiger partial charge is 0.229 e. The summed E-state index contributed by atoms with van der Waals surface area (Å²) in [6.07, 6.45) is 2.16. The molecule has 0 fully saturated rings. The summed E-state index contributed by atoms with van der Waals surface area (Å²) in [5.74, 6) is -0.0665. The van der Waals surface area contributed by atoms with Crippen LogP contribution >= 0.6 is 0 Å². The van der Waals surface area contributed by atoms with Gasteiger partial charge in [-0.1, -0.05) is 48.0 Å². The number of anilines is 1.